The molecular formula is C25H25N5O. The Morgan fingerprint density at radius 1 is 0.806 bits per heavy atom. The second-order valence-electron chi connectivity index (χ2n) is 8.19. The number of nitrogens with zero attached hydrogens (tertiary/aromatic N) is 2. The smallest absolute Gasteiger partial charge is 0.105 e. The van der Waals surface area contributed by atoms with Gasteiger partial charge in [0, 0.05) is 45.2 Å². The lowest BCUT2D eigenvalue weighted by molar-refractivity contribution is 0.274. The topological polar surface area (TPSA) is 95.0 Å². The SMILES string of the molecule is CC1(CCCO)Nc2cccc3c(N=Nc4ccc(N)c5ccccc45)ccc(c23)N1. The molecule has 5 rings (SSSR count). The molecule has 1 unspecified atom stereocenters. The second kappa shape index (κ2) is 7.56. The van der Waals surface area contributed by atoms with Crippen LogP contribution in [0.25, 0.3) is 21.5 Å². The minimum Gasteiger partial charge on any atom is -0.398 e. The van der Waals surface area contributed by atoms with Gasteiger partial charge in [0.15, 0.2) is 0 Å². The lowest BCUT2D eigenvalue weighted by atomic mass is 9.96. The minimum atomic E-state index is -0.310. The van der Waals surface area contributed by atoms with Crippen LogP contribution in [-0.4, -0.2) is 17.4 Å². The molecule has 0 spiro atoms. The molecule has 0 bridgehead atoms. The number of anilines is 3. The molecule has 4 aromatic carbocycles. The molecule has 156 valence electrons. The van der Waals surface area contributed by atoms with E-state index in [9.17, 15) is 5.11 Å². The van der Waals surface area contributed by atoms with Crippen LogP contribution < -0.4 is 16.4 Å². The van der Waals surface area contributed by atoms with Crippen LogP contribution in [0, 0.1) is 0 Å². The number of hydrogen-bond acceptors (Lipinski definition) is 6. The van der Waals surface area contributed by atoms with Gasteiger partial charge >= 0.3 is 0 Å². The van der Waals surface area contributed by atoms with Gasteiger partial charge in [-0.2, -0.15) is 0 Å². The Morgan fingerprint density at radius 2 is 1.45 bits per heavy atom. The van der Waals surface area contributed by atoms with Crippen molar-refractivity contribution in [3.63, 3.8) is 0 Å². The van der Waals surface area contributed by atoms with Crippen molar-refractivity contribution in [1.29, 1.82) is 0 Å². The normalized spacial score (nSPS) is 17.7. The van der Waals surface area contributed by atoms with Crippen LogP contribution in [0.3, 0.4) is 0 Å². The minimum absolute atomic E-state index is 0.176. The van der Waals surface area contributed by atoms with E-state index in [0.29, 0.717) is 0 Å². The first-order chi connectivity index (χ1) is 15.1. The Morgan fingerprint density at radius 3 is 2.23 bits per heavy atom. The van der Waals surface area contributed by atoms with Crippen LogP contribution in [0.1, 0.15) is 19.8 Å². The zero-order valence-electron chi connectivity index (χ0n) is 17.4. The first-order valence-corrected chi connectivity index (χ1v) is 10.5. The number of hydrogen-bond donors (Lipinski definition) is 4. The van der Waals surface area contributed by atoms with E-state index >= 15 is 0 Å². The number of azo groups is 1. The largest absolute Gasteiger partial charge is 0.398 e. The first kappa shape index (κ1) is 19.3. The fraction of sp³-hybridized carbons (Fsp3) is 0.200. The number of nitrogens with two attached hydrogens (primary N) is 1. The molecular weight excluding hydrogens is 386 g/mol. The van der Waals surface area contributed by atoms with Crippen LogP contribution in [0.4, 0.5) is 28.4 Å². The van der Waals surface area contributed by atoms with Crippen molar-refractivity contribution in [1.82, 2.24) is 0 Å². The molecule has 0 saturated heterocycles. The van der Waals surface area contributed by atoms with Crippen LogP contribution in [0.2, 0.25) is 0 Å². The van der Waals surface area contributed by atoms with Gasteiger partial charge in [0.25, 0.3) is 0 Å². The number of nitrogen functional groups attached to an aromatic ring is 1. The van der Waals surface area contributed by atoms with Gasteiger partial charge in [-0.3, -0.25) is 0 Å². The van der Waals surface area contributed by atoms with Gasteiger partial charge in [-0.25, -0.2) is 0 Å². The van der Waals surface area contributed by atoms with E-state index in [4.69, 9.17) is 5.73 Å². The van der Waals surface area contributed by atoms with Gasteiger partial charge in [-0.15, -0.1) is 10.2 Å². The number of benzene rings is 4. The summed E-state index contributed by atoms with van der Waals surface area (Å²) in [5, 5.41) is 29.7. The van der Waals surface area contributed by atoms with Gasteiger partial charge in [0.1, 0.15) is 5.66 Å². The maximum Gasteiger partial charge on any atom is 0.105 e. The molecule has 0 fully saturated rings. The molecule has 4 aromatic rings. The summed E-state index contributed by atoms with van der Waals surface area (Å²) in [6.07, 6.45) is 1.54. The molecule has 1 atom stereocenters. The molecule has 0 aliphatic carbocycles. The third kappa shape index (κ3) is 3.45. The first-order valence-electron chi connectivity index (χ1n) is 10.5. The van der Waals surface area contributed by atoms with Gasteiger partial charge in [-0.05, 0) is 50.1 Å². The molecule has 1 aliphatic heterocycles. The average Bonchev–Trinajstić information content (AvgIpc) is 2.78. The summed E-state index contributed by atoms with van der Waals surface area (Å²) in [5.41, 5.74) is 10.3. The van der Waals surface area contributed by atoms with Crippen LogP contribution >= 0.6 is 0 Å². The van der Waals surface area contributed by atoms with Crippen molar-refractivity contribution in [2.24, 2.45) is 10.2 Å². The third-order valence-electron chi connectivity index (χ3n) is 5.87. The van der Waals surface area contributed by atoms with E-state index < -0.39 is 0 Å². The highest BCUT2D eigenvalue weighted by molar-refractivity contribution is 6.09. The number of nitrogens with one attached hydrogen (secondary N) is 2. The third-order valence-corrected chi connectivity index (χ3v) is 5.87. The van der Waals surface area contributed by atoms with Crippen molar-refractivity contribution in [3.05, 3.63) is 66.7 Å². The van der Waals surface area contributed by atoms with Crippen molar-refractivity contribution in [2.45, 2.75) is 25.4 Å². The van der Waals surface area contributed by atoms with E-state index in [0.717, 1.165) is 62.8 Å². The van der Waals surface area contributed by atoms with Crippen LogP contribution in [0.15, 0.2) is 77.0 Å². The average molecular weight is 412 g/mol. The van der Waals surface area contributed by atoms with E-state index in [1.165, 1.54) is 0 Å². The summed E-state index contributed by atoms with van der Waals surface area (Å²) in [7, 11) is 0. The summed E-state index contributed by atoms with van der Waals surface area (Å²) < 4.78 is 0. The van der Waals surface area contributed by atoms with E-state index in [1.54, 1.807) is 0 Å². The molecule has 0 saturated carbocycles. The molecule has 0 aromatic heterocycles. The quantitative estimate of drug-likeness (QED) is 0.228. The second-order valence-corrected chi connectivity index (χ2v) is 8.19. The van der Waals surface area contributed by atoms with Crippen molar-refractivity contribution >= 4 is 50.0 Å². The summed E-state index contributed by atoms with van der Waals surface area (Å²) in [5.74, 6) is 0. The highest BCUT2D eigenvalue weighted by Gasteiger charge is 2.29. The van der Waals surface area contributed by atoms with Crippen molar-refractivity contribution in [3.8, 4) is 0 Å². The van der Waals surface area contributed by atoms with Gasteiger partial charge in [0.05, 0.1) is 11.4 Å². The Kier molecular flexibility index (Phi) is 4.71. The van der Waals surface area contributed by atoms with Gasteiger partial charge < -0.3 is 21.5 Å². The predicted molar refractivity (Wildman–Crippen MR) is 128 cm³/mol. The fourth-order valence-corrected chi connectivity index (χ4v) is 4.37. The molecule has 0 radical (unpaired) electrons. The fourth-order valence-electron chi connectivity index (χ4n) is 4.37. The standard InChI is InChI=1S/C25H25N5O/c1-25(14-5-15-31)27-22-9-4-8-18-21(12-13-23(28-25)24(18)22)30-29-20-11-10-19(26)16-6-2-3-7-17(16)20/h2-4,6-13,27-28,31H,5,14-15,26H2,1H3. The highest BCUT2D eigenvalue weighted by Crippen LogP contribution is 2.43. The van der Waals surface area contributed by atoms with E-state index in [2.05, 4.69) is 46.0 Å². The Balaban J connectivity index is 1.55. The number of aliphatic hydroxyl groups is 1. The van der Waals surface area contributed by atoms with Crippen molar-refractivity contribution in [2.75, 3.05) is 23.0 Å². The molecule has 5 N–H and O–H groups in total. The zero-order valence-corrected chi connectivity index (χ0v) is 17.4. The summed E-state index contributed by atoms with van der Waals surface area (Å²) in [4.78, 5) is 0. The lowest BCUT2D eigenvalue weighted by Crippen LogP contribution is -2.45. The summed E-state index contributed by atoms with van der Waals surface area (Å²) in [6.45, 7) is 2.29. The van der Waals surface area contributed by atoms with Gasteiger partial charge in [0.2, 0.25) is 0 Å². The Hall–Kier alpha value is -3.64. The number of aliphatic hydroxyl groups excluding tert-OH is 1. The highest BCUT2D eigenvalue weighted by atomic mass is 16.2. The molecule has 1 heterocycles. The van der Waals surface area contributed by atoms with Crippen LogP contribution in [0.5, 0.6) is 0 Å². The van der Waals surface area contributed by atoms with E-state index in [-0.39, 0.29) is 12.3 Å². The predicted octanol–water partition coefficient (Wildman–Crippen LogP) is 6.32. The Labute approximate surface area is 180 Å². The summed E-state index contributed by atoms with van der Waals surface area (Å²) in [6, 6.07) is 22.0. The summed E-state index contributed by atoms with van der Waals surface area (Å²) >= 11 is 0. The number of rotatable bonds is 5. The molecule has 1 aliphatic rings. The number of fused-ring (bicyclic) bond motifs is 1. The zero-order chi connectivity index (χ0) is 21.4. The molecule has 31 heavy (non-hydrogen) atoms. The van der Waals surface area contributed by atoms with Gasteiger partial charge in [-0.1, -0.05) is 36.4 Å². The molecule has 0 amide bonds. The van der Waals surface area contributed by atoms with Crippen molar-refractivity contribution < 1.29 is 5.11 Å². The lowest BCUT2D eigenvalue weighted by Gasteiger charge is -2.39. The maximum absolute atomic E-state index is 9.24. The van der Waals surface area contributed by atoms with Crippen LogP contribution in [-0.2, 0) is 0 Å². The molecule has 6 nitrogen and oxygen atoms in total. The Bertz CT molecular complexity index is 1300. The monoisotopic (exact) mass is 411 g/mol. The maximum atomic E-state index is 9.24. The molecule has 6 heteroatoms. The van der Waals surface area contributed by atoms with E-state index in [1.807, 2.05) is 48.5 Å².